The summed E-state index contributed by atoms with van der Waals surface area (Å²) in [5.74, 6) is 1.45. The van der Waals surface area contributed by atoms with Gasteiger partial charge in [0.15, 0.2) is 0 Å². The van der Waals surface area contributed by atoms with Crippen LogP contribution >= 0.6 is 0 Å². The van der Waals surface area contributed by atoms with Crippen molar-refractivity contribution < 1.29 is 19.0 Å². The molecule has 0 aliphatic rings. The lowest BCUT2D eigenvalue weighted by Crippen LogP contribution is -2.13. The second kappa shape index (κ2) is 10.1. The number of nitrogens with zero attached hydrogens (tertiary/aromatic N) is 1. The number of pyridine rings is 1. The molecule has 0 fully saturated rings. The van der Waals surface area contributed by atoms with Crippen LogP contribution in [0.4, 0.5) is 5.69 Å². The Hall–Kier alpha value is -3.38. The van der Waals surface area contributed by atoms with Crippen LogP contribution in [0.3, 0.4) is 0 Å². The minimum Gasteiger partial charge on any atom is -0.491 e. The Balaban J connectivity index is 1.62. The number of benzene rings is 2. The van der Waals surface area contributed by atoms with E-state index in [1.807, 2.05) is 48.5 Å². The molecule has 0 atom stereocenters. The highest BCUT2D eigenvalue weighted by Gasteiger charge is 2.11. The van der Waals surface area contributed by atoms with Crippen molar-refractivity contribution in [1.29, 1.82) is 0 Å². The zero-order valence-corrected chi connectivity index (χ0v) is 15.6. The Bertz CT molecular complexity index is 883. The third-order valence-electron chi connectivity index (χ3n) is 3.85. The maximum absolute atomic E-state index is 12.5. The van der Waals surface area contributed by atoms with E-state index in [9.17, 15) is 4.79 Å². The van der Waals surface area contributed by atoms with Crippen LogP contribution in [0, 0.1) is 0 Å². The van der Waals surface area contributed by atoms with E-state index < -0.39 is 0 Å². The van der Waals surface area contributed by atoms with Crippen molar-refractivity contribution in [2.75, 3.05) is 25.6 Å². The number of aromatic nitrogens is 1. The molecule has 0 spiro atoms. The van der Waals surface area contributed by atoms with E-state index in [-0.39, 0.29) is 5.91 Å². The van der Waals surface area contributed by atoms with Gasteiger partial charge in [0.2, 0.25) is 5.88 Å². The summed E-state index contributed by atoms with van der Waals surface area (Å²) in [7, 11) is 1.65. The first-order chi connectivity index (χ1) is 13.8. The number of rotatable bonds is 9. The maximum Gasteiger partial charge on any atom is 0.257 e. The fourth-order valence-electron chi connectivity index (χ4n) is 2.46. The summed E-state index contributed by atoms with van der Waals surface area (Å²) in [6, 6.07) is 20.0. The number of nitrogens with one attached hydrogen (secondary N) is 1. The number of methoxy groups -OCH3 is 1. The standard InChI is InChI=1S/C22H22N2O4/c1-26-14-7-15-27-20-11-6-5-10-19(20)24-22(25)17-12-13-21(23-16-17)28-18-8-3-2-4-9-18/h2-6,8-13,16H,7,14-15H2,1H3,(H,24,25). The van der Waals surface area contributed by atoms with Crippen molar-refractivity contribution >= 4 is 11.6 Å². The van der Waals surface area contributed by atoms with Gasteiger partial charge in [-0.2, -0.15) is 0 Å². The average molecular weight is 378 g/mol. The predicted octanol–water partition coefficient (Wildman–Crippen LogP) is 4.54. The lowest BCUT2D eigenvalue weighted by molar-refractivity contribution is 0.102. The van der Waals surface area contributed by atoms with Crippen molar-refractivity contribution in [1.82, 2.24) is 4.98 Å². The van der Waals surface area contributed by atoms with Crippen LogP contribution in [0.5, 0.6) is 17.4 Å². The van der Waals surface area contributed by atoms with Gasteiger partial charge in [-0.25, -0.2) is 4.98 Å². The molecule has 3 rings (SSSR count). The molecule has 0 aliphatic carbocycles. The van der Waals surface area contributed by atoms with Crippen molar-refractivity contribution in [2.24, 2.45) is 0 Å². The maximum atomic E-state index is 12.5. The molecule has 1 heterocycles. The highest BCUT2D eigenvalue weighted by atomic mass is 16.5. The van der Waals surface area contributed by atoms with E-state index in [2.05, 4.69) is 10.3 Å². The highest BCUT2D eigenvalue weighted by molar-refractivity contribution is 6.04. The number of carbonyl (C=O) groups is 1. The van der Waals surface area contributed by atoms with E-state index in [4.69, 9.17) is 14.2 Å². The molecular formula is C22H22N2O4. The second-order valence-corrected chi connectivity index (χ2v) is 5.95. The van der Waals surface area contributed by atoms with Crippen LogP contribution < -0.4 is 14.8 Å². The predicted molar refractivity (Wildman–Crippen MR) is 107 cm³/mol. The number of hydrogen-bond acceptors (Lipinski definition) is 5. The Kier molecular flexibility index (Phi) is 6.98. The largest absolute Gasteiger partial charge is 0.491 e. The molecule has 0 aliphatic heterocycles. The Labute approximate surface area is 164 Å². The molecule has 28 heavy (non-hydrogen) atoms. The zero-order valence-electron chi connectivity index (χ0n) is 15.6. The van der Waals surface area contributed by atoms with Crippen LogP contribution in [-0.2, 0) is 4.74 Å². The summed E-state index contributed by atoms with van der Waals surface area (Å²) < 4.78 is 16.4. The van der Waals surface area contributed by atoms with Crippen LogP contribution in [0.1, 0.15) is 16.8 Å². The highest BCUT2D eigenvalue weighted by Crippen LogP contribution is 2.25. The minimum absolute atomic E-state index is 0.272. The Morgan fingerprint density at radius 1 is 0.964 bits per heavy atom. The summed E-state index contributed by atoms with van der Waals surface area (Å²) in [5.41, 5.74) is 1.03. The molecule has 0 bridgehead atoms. The van der Waals surface area contributed by atoms with Gasteiger partial charge < -0.3 is 19.5 Å². The van der Waals surface area contributed by atoms with Crippen LogP contribution in [0.2, 0.25) is 0 Å². The fourth-order valence-corrected chi connectivity index (χ4v) is 2.46. The van der Waals surface area contributed by atoms with E-state index in [0.29, 0.717) is 41.8 Å². The second-order valence-electron chi connectivity index (χ2n) is 5.95. The van der Waals surface area contributed by atoms with E-state index in [1.165, 1.54) is 6.20 Å². The number of hydrogen-bond donors (Lipinski definition) is 1. The molecule has 2 aromatic carbocycles. The normalized spacial score (nSPS) is 10.3. The average Bonchev–Trinajstić information content (AvgIpc) is 2.73. The molecule has 144 valence electrons. The van der Waals surface area contributed by atoms with Gasteiger partial charge in [-0.1, -0.05) is 30.3 Å². The number of amides is 1. The smallest absolute Gasteiger partial charge is 0.257 e. The molecule has 3 aromatic rings. The van der Waals surface area contributed by atoms with Gasteiger partial charge in [0.1, 0.15) is 11.5 Å². The molecule has 0 radical (unpaired) electrons. The van der Waals surface area contributed by atoms with Gasteiger partial charge >= 0.3 is 0 Å². The summed E-state index contributed by atoms with van der Waals surface area (Å²) >= 11 is 0. The van der Waals surface area contributed by atoms with Gasteiger partial charge in [-0.15, -0.1) is 0 Å². The van der Waals surface area contributed by atoms with Gasteiger partial charge in [0.05, 0.1) is 17.9 Å². The van der Waals surface area contributed by atoms with Crippen LogP contribution in [0.25, 0.3) is 0 Å². The quantitative estimate of drug-likeness (QED) is 0.554. The first-order valence-corrected chi connectivity index (χ1v) is 8.97. The summed E-state index contributed by atoms with van der Waals surface area (Å²) in [6.45, 7) is 1.13. The Morgan fingerprint density at radius 3 is 2.50 bits per heavy atom. The molecule has 6 heteroatoms. The van der Waals surface area contributed by atoms with E-state index in [0.717, 1.165) is 6.42 Å². The fraction of sp³-hybridized carbons (Fsp3) is 0.182. The lowest BCUT2D eigenvalue weighted by atomic mass is 10.2. The number of para-hydroxylation sites is 3. The van der Waals surface area contributed by atoms with Crippen molar-refractivity contribution in [3.8, 4) is 17.4 Å². The molecule has 0 unspecified atom stereocenters. The van der Waals surface area contributed by atoms with Gasteiger partial charge in [-0.3, -0.25) is 4.79 Å². The third kappa shape index (κ3) is 5.56. The summed E-state index contributed by atoms with van der Waals surface area (Å²) in [4.78, 5) is 16.7. The molecule has 1 amide bonds. The number of ether oxygens (including phenoxy) is 3. The Morgan fingerprint density at radius 2 is 1.75 bits per heavy atom. The van der Waals surface area contributed by atoms with Gasteiger partial charge in [0, 0.05) is 32.4 Å². The molecule has 6 nitrogen and oxygen atoms in total. The molecule has 0 saturated carbocycles. The van der Waals surface area contributed by atoms with Crippen molar-refractivity contribution in [3.63, 3.8) is 0 Å². The lowest BCUT2D eigenvalue weighted by Gasteiger charge is -2.12. The van der Waals surface area contributed by atoms with Crippen molar-refractivity contribution in [3.05, 3.63) is 78.5 Å². The van der Waals surface area contributed by atoms with E-state index >= 15 is 0 Å². The topological polar surface area (TPSA) is 69.7 Å². The number of anilines is 1. The summed E-state index contributed by atoms with van der Waals surface area (Å²) in [5, 5.41) is 2.86. The van der Waals surface area contributed by atoms with Gasteiger partial charge in [-0.05, 0) is 30.3 Å². The summed E-state index contributed by atoms with van der Waals surface area (Å²) in [6.07, 6.45) is 2.25. The molecular weight excluding hydrogens is 356 g/mol. The third-order valence-corrected chi connectivity index (χ3v) is 3.85. The zero-order chi connectivity index (χ0) is 19.6. The minimum atomic E-state index is -0.272. The SMILES string of the molecule is COCCCOc1ccccc1NC(=O)c1ccc(Oc2ccccc2)nc1. The van der Waals surface area contributed by atoms with Crippen molar-refractivity contribution in [2.45, 2.75) is 6.42 Å². The monoisotopic (exact) mass is 378 g/mol. The molecule has 1 aromatic heterocycles. The van der Waals surface area contributed by atoms with Crippen LogP contribution in [-0.4, -0.2) is 31.2 Å². The first kappa shape index (κ1) is 19.4. The van der Waals surface area contributed by atoms with Crippen LogP contribution in [0.15, 0.2) is 72.9 Å². The first-order valence-electron chi connectivity index (χ1n) is 8.97. The number of carbonyl (C=O) groups excluding carboxylic acids is 1. The van der Waals surface area contributed by atoms with E-state index in [1.54, 1.807) is 25.3 Å². The van der Waals surface area contributed by atoms with Gasteiger partial charge in [0.25, 0.3) is 5.91 Å². The molecule has 1 N–H and O–H groups in total. The molecule has 0 saturated heterocycles.